The summed E-state index contributed by atoms with van der Waals surface area (Å²) in [4.78, 5) is 37.9. The first-order valence-electron chi connectivity index (χ1n) is 6.13. The topological polar surface area (TPSA) is 98.2 Å². The molecule has 2 saturated heterocycles. The van der Waals surface area contributed by atoms with E-state index in [1.54, 1.807) is 4.90 Å². The average Bonchev–Trinajstić information content (AvgIpc) is 2.93. The number of allylic oxidation sites excluding steroid dienone is 1. The Morgan fingerprint density at radius 3 is 2.45 bits per heavy atom. The fraction of sp³-hybridized carbons (Fsp3) is 0.333. The van der Waals surface area contributed by atoms with Gasteiger partial charge in [0.15, 0.2) is 0 Å². The minimum atomic E-state index is -1.15. The highest BCUT2D eigenvalue weighted by Gasteiger charge is 2.39. The van der Waals surface area contributed by atoms with Crippen LogP contribution in [0.1, 0.15) is 6.92 Å². The normalized spacial score (nSPS) is 23.8. The average molecular weight is 360 g/mol. The van der Waals surface area contributed by atoms with Gasteiger partial charge >= 0.3 is 11.9 Å². The number of hydrogen-bond acceptors (Lipinski definition) is 7. The van der Waals surface area contributed by atoms with Gasteiger partial charge in [0.05, 0.1) is 11.6 Å². The molecule has 10 heteroatoms. The van der Waals surface area contributed by atoms with Gasteiger partial charge in [-0.1, -0.05) is 41.8 Å². The zero-order chi connectivity index (χ0) is 16.4. The fourth-order valence-electron chi connectivity index (χ4n) is 1.91. The molecule has 2 heterocycles. The maximum absolute atomic E-state index is 12.4. The minimum absolute atomic E-state index is 0.166. The molecule has 0 spiro atoms. The maximum Gasteiger partial charge on any atom is 0.323 e. The van der Waals surface area contributed by atoms with Crippen LogP contribution >= 0.6 is 35.7 Å². The number of aliphatic carboxylic acids is 2. The Kier molecular flexibility index (Phi) is 5.14. The Morgan fingerprint density at radius 2 is 1.91 bits per heavy atom. The predicted octanol–water partition coefficient (Wildman–Crippen LogP) is 1.14. The van der Waals surface area contributed by atoms with Crippen molar-refractivity contribution in [2.24, 2.45) is 0 Å². The van der Waals surface area contributed by atoms with E-state index < -0.39 is 24.4 Å². The second-order valence-corrected chi connectivity index (χ2v) is 7.15. The summed E-state index contributed by atoms with van der Waals surface area (Å²) in [6, 6.07) is 0. The molecule has 2 aliphatic heterocycles. The lowest BCUT2D eigenvalue weighted by Gasteiger charge is -2.17. The quantitative estimate of drug-likeness (QED) is 0.565. The standard InChI is InChI=1S/C12H12N2O5S3/c1-2-6-3-13(4-7(15)16)11(21-6)9-10(19)14(5-8(17)18)12(20)22-9/h2H,3-5H2,1H3,(H,15,16)(H,17,18)/b6-2+,11-9-. The van der Waals surface area contributed by atoms with Crippen molar-refractivity contribution < 1.29 is 24.6 Å². The van der Waals surface area contributed by atoms with E-state index in [0.29, 0.717) is 11.6 Å². The van der Waals surface area contributed by atoms with E-state index in [1.807, 2.05) is 13.0 Å². The van der Waals surface area contributed by atoms with Crippen LogP contribution in [0, 0.1) is 0 Å². The van der Waals surface area contributed by atoms with Crippen LogP contribution in [0.2, 0.25) is 0 Å². The molecule has 2 N–H and O–H groups in total. The van der Waals surface area contributed by atoms with Crippen molar-refractivity contribution in [2.45, 2.75) is 6.92 Å². The van der Waals surface area contributed by atoms with Crippen molar-refractivity contribution >= 4 is 57.9 Å². The summed E-state index contributed by atoms with van der Waals surface area (Å²) in [5.41, 5.74) is 0. The van der Waals surface area contributed by atoms with Crippen LogP contribution in [0.15, 0.2) is 20.9 Å². The number of carbonyl (C=O) groups is 3. The van der Waals surface area contributed by atoms with Crippen molar-refractivity contribution in [1.29, 1.82) is 0 Å². The molecule has 0 radical (unpaired) electrons. The molecule has 0 saturated carbocycles. The molecule has 0 aromatic rings. The number of thiocarbonyl (C=S) groups is 1. The fourth-order valence-corrected chi connectivity index (χ4v) is 4.43. The molecule has 0 atom stereocenters. The Bertz CT molecular complexity index is 628. The second-order valence-electron chi connectivity index (χ2n) is 4.39. The van der Waals surface area contributed by atoms with Crippen molar-refractivity contribution in [3.63, 3.8) is 0 Å². The molecule has 0 bridgehead atoms. The van der Waals surface area contributed by atoms with Gasteiger partial charge in [-0.15, -0.1) is 0 Å². The van der Waals surface area contributed by atoms with Gasteiger partial charge in [-0.2, -0.15) is 0 Å². The van der Waals surface area contributed by atoms with E-state index in [-0.39, 0.29) is 15.8 Å². The van der Waals surface area contributed by atoms with Crippen molar-refractivity contribution in [3.8, 4) is 0 Å². The summed E-state index contributed by atoms with van der Waals surface area (Å²) in [5.74, 6) is -2.65. The molecule has 7 nitrogen and oxygen atoms in total. The van der Waals surface area contributed by atoms with E-state index in [9.17, 15) is 14.4 Å². The predicted molar refractivity (Wildman–Crippen MR) is 87.1 cm³/mol. The number of nitrogens with zero attached hydrogens (tertiary/aromatic N) is 2. The van der Waals surface area contributed by atoms with Crippen molar-refractivity contribution in [1.82, 2.24) is 9.80 Å². The van der Waals surface area contributed by atoms with Gasteiger partial charge in [0.2, 0.25) is 0 Å². The van der Waals surface area contributed by atoms with Crippen LogP contribution in [-0.4, -0.2) is 61.8 Å². The van der Waals surface area contributed by atoms with Gasteiger partial charge in [-0.05, 0) is 6.92 Å². The highest BCUT2D eigenvalue weighted by Crippen LogP contribution is 2.45. The van der Waals surface area contributed by atoms with Crippen LogP contribution in [0.5, 0.6) is 0 Å². The molecule has 0 aromatic heterocycles. The Morgan fingerprint density at radius 1 is 1.27 bits per heavy atom. The summed E-state index contributed by atoms with van der Waals surface area (Å²) in [6.07, 6.45) is 1.85. The third-order valence-corrected chi connectivity index (χ3v) is 5.70. The third-order valence-electron chi connectivity index (χ3n) is 2.85. The van der Waals surface area contributed by atoms with Gasteiger partial charge in [-0.25, -0.2) is 0 Å². The largest absolute Gasteiger partial charge is 0.480 e. The molecular formula is C12H12N2O5S3. The number of hydrogen-bond donors (Lipinski definition) is 2. The van der Waals surface area contributed by atoms with E-state index in [4.69, 9.17) is 22.4 Å². The van der Waals surface area contributed by atoms with Crippen molar-refractivity contribution in [3.05, 3.63) is 20.9 Å². The Balaban J connectivity index is 2.35. The first-order valence-corrected chi connectivity index (χ1v) is 8.17. The van der Waals surface area contributed by atoms with Crippen LogP contribution in [0.3, 0.4) is 0 Å². The van der Waals surface area contributed by atoms with E-state index in [2.05, 4.69) is 0 Å². The first kappa shape index (κ1) is 16.8. The smallest absolute Gasteiger partial charge is 0.323 e. The molecule has 22 heavy (non-hydrogen) atoms. The van der Waals surface area contributed by atoms with Gasteiger partial charge in [0, 0.05) is 4.91 Å². The zero-order valence-corrected chi connectivity index (χ0v) is 13.9. The summed E-state index contributed by atoms with van der Waals surface area (Å²) < 4.78 is 0.166. The van der Waals surface area contributed by atoms with Gasteiger partial charge in [0.1, 0.15) is 22.3 Å². The molecule has 0 unspecified atom stereocenters. The van der Waals surface area contributed by atoms with Crippen LogP contribution in [0.4, 0.5) is 0 Å². The molecule has 0 aliphatic carbocycles. The number of thioether (sulfide) groups is 2. The monoisotopic (exact) mass is 360 g/mol. The maximum atomic E-state index is 12.4. The zero-order valence-electron chi connectivity index (χ0n) is 11.4. The molecular weight excluding hydrogens is 348 g/mol. The highest BCUT2D eigenvalue weighted by molar-refractivity contribution is 8.27. The lowest BCUT2D eigenvalue weighted by atomic mass is 10.4. The Labute approximate surface area is 140 Å². The second kappa shape index (κ2) is 6.71. The van der Waals surface area contributed by atoms with E-state index in [0.717, 1.165) is 21.6 Å². The number of carbonyl (C=O) groups excluding carboxylic acids is 1. The number of carboxylic acids is 2. The summed E-state index contributed by atoms with van der Waals surface area (Å²) in [5, 5.41) is 18.3. The molecule has 2 rings (SSSR count). The van der Waals surface area contributed by atoms with Gasteiger partial charge in [0.25, 0.3) is 5.91 Å². The SMILES string of the molecule is C/C=C1\CN(CC(=O)O)/C(=C2/SC(=S)N(CC(=O)O)C2=O)S1. The molecule has 118 valence electrons. The number of rotatable bonds is 4. The number of amides is 1. The van der Waals surface area contributed by atoms with E-state index >= 15 is 0 Å². The molecule has 2 aliphatic rings. The third kappa shape index (κ3) is 3.45. The lowest BCUT2D eigenvalue weighted by molar-refractivity contribution is -0.140. The summed E-state index contributed by atoms with van der Waals surface area (Å²) >= 11 is 7.36. The highest BCUT2D eigenvalue weighted by atomic mass is 32.2. The summed E-state index contributed by atoms with van der Waals surface area (Å²) in [6.45, 7) is 1.51. The number of carboxylic acid groups (broad SMARTS) is 2. The van der Waals surface area contributed by atoms with Gasteiger partial charge < -0.3 is 15.1 Å². The van der Waals surface area contributed by atoms with Crippen LogP contribution in [0.25, 0.3) is 0 Å². The van der Waals surface area contributed by atoms with Crippen LogP contribution in [-0.2, 0) is 14.4 Å². The first-order chi connectivity index (χ1) is 10.3. The summed E-state index contributed by atoms with van der Waals surface area (Å²) in [7, 11) is 0. The molecule has 2 fully saturated rings. The van der Waals surface area contributed by atoms with Crippen LogP contribution < -0.4 is 0 Å². The molecule has 1 amide bonds. The lowest BCUT2D eigenvalue weighted by Crippen LogP contribution is -2.34. The van der Waals surface area contributed by atoms with E-state index in [1.165, 1.54) is 11.8 Å². The molecule has 0 aromatic carbocycles. The Hall–Kier alpha value is -1.52. The minimum Gasteiger partial charge on any atom is -0.480 e. The van der Waals surface area contributed by atoms with Gasteiger partial charge in [-0.3, -0.25) is 19.3 Å². The van der Waals surface area contributed by atoms with Crippen molar-refractivity contribution in [2.75, 3.05) is 19.6 Å².